The maximum Gasteiger partial charge on any atom is 0.126 e. The second kappa shape index (κ2) is 3.30. The van der Waals surface area contributed by atoms with Gasteiger partial charge in [-0.25, -0.2) is 0 Å². The maximum absolute atomic E-state index is 5.42. The second-order valence-electron chi connectivity index (χ2n) is 5.34. The first-order valence-electron chi connectivity index (χ1n) is 5.26. The van der Waals surface area contributed by atoms with Crippen LogP contribution in [-0.4, -0.2) is 6.10 Å². The standard InChI is InChI=1S/C13H18O/c1-13(2,3)9-10-4-5-12-11(8-10)6-7-14-12/h4-8,11-12H,9H2,1-3H3. The minimum absolute atomic E-state index is 0.263. The van der Waals surface area contributed by atoms with Crippen molar-refractivity contribution in [2.75, 3.05) is 0 Å². The zero-order valence-electron chi connectivity index (χ0n) is 9.16. The minimum atomic E-state index is 0.263. The second-order valence-corrected chi connectivity index (χ2v) is 5.34. The van der Waals surface area contributed by atoms with Crippen LogP contribution < -0.4 is 0 Å². The zero-order chi connectivity index (χ0) is 10.2. The molecule has 0 fully saturated rings. The Bertz CT molecular complexity index is 302. The van der Waals surface area contributed by atoms with Gasteiger partial charge < -0.3 is 4.74 Å². The summed E-state index contributed by atoms with van der Waals surface area (Å²) in [6.07, 6.45) is 12.1. The van der Waals surface area contributed by atoms with Gasteiger partial charge in [-0.3, -0.25) is 0 Å². The van der Waals surface area contributed by atoms with Crippen LogP contribution in [0.25, 0.3) is 0 Å². The van der Waals surface area contributed by atoms with E-state index in [0.717, 1.165) is 6.42 Å². The van der Waals surface area contributed by atoms with Crippen LogP contribution in [0.5, 0.6) is 0 Å². The minimum Gasteiger partial charge on any atom is -0.493 e. The van der Waals surface area contributed by atoms with Gasteiger partial charge in [-0.2, -0.15) is 0 Å². The quantitative estimate of drug-likeness (QED) is 0.615. The number of fused-ring (bicyclic) bond motifs is 1. The molecule has 1 heteroatoms. The molecule has 0 N–H and O–H groups in total. The SMILES string of the molecule is CC(C)(C)CC1=CC2C=COC2C=C1. The van der Waals surface area contributed by atoms with Gasteiger partial charge in [0, 0.05) is 5.92 Å². The summed E-state index contributed by atoms with van der Waals surface area (Å²) in [4.78, 5) is 0. The predicted molar refractivity (Wildman–Crippen MR) is 58.8 cm³/mol. The Hall–Kier alpha value is -0.980. The molecule has 2 atom stereocenters. The Morgan fingerprint density at radius 2 is 2.07 bits per heavy atom. The van der Waals surface area contributed by atoms with Crippen LogP contribution in [0.1, 0.15) is 27.2 Å². The lowest BCUT2D eigenvalue weighted by Gasteiger charge is -2.23. The van der Waals surface area contributed by atoms with E-state index in [9.17, 15) is 0 Å². The molecule has 2 rings (SSSR count). The lowest BCUT2D eigenvalue weighted by Crippen LogP contribution is -2.16. The third kappa shape index (κ3) is 2.09. The first-order chi connectivity index (χ1) is 6.54. The van der Waals surface area contributed by atoms with Crippen LogP contribution in [0.2, 0.25) is 0 Å². The van der Waals surface area contributed by atoms with Crippen molar-refractivity contribution in [3.63, 3.8) is 0 Å². The van der Waals surface area contributed by atoms with Gasteiger partial charge in [-0.05, 0) is 24.0 Å². The average molecular weight is 190 g/mol. The summed E-state index contributed by atoms with van der Waals surface area (Å²) in [5.41, 5.74) is 1.81. The predicted octanol–water partition coefficient (Wildman–Crippen LogP) is 3.45. The van der Waals surface area contributed by atoms with Crippen molar-refractivity contribution in [3.8, 4) is 0 Å². The number of hydrogen-bond acceptors (Lipinski definition) is 1. The van der Waals surface area contributed by atoms with E-state index in [0.29, 0.717) is 11.3 Å². The summed E-state index contributed by atoms with van der Waals surface area (Å²) in [6, 6.07) is 0. The van der Waals surface area contributed by atoms with Crippen molar-refractivity contribution < 1.29 is 4.74 Å². The molecule has 0 spiro atoms. The summed E-state index contributed by atoms with van der Waals surface area (Å²) in [6.45, 7) is 6.82. The fourth-order valence-corrected chi connectivity index (χ4v) is 2.00. The van der Waals surface area contributed by atoms with E-state index in [4.69, 9.17) is 4.74 Å². The first kappa shape index (κ1) is 9.57. The molecular formula is C13H18O. The molecule has 0 radical (unpaired) electrons. The van der Waals surface area contributed by atoms with Crippen molar-refractivity contribution in [2.45, 2.75) is 33.3 Å². The van der Waals surface area contributed by atoms with Crippen LogP contribution in [0.15, 0.2) is 36.1 Å². The zero-order valence-corrected chi connectivity index (χ0v) is 9.16. The Kier molecular flexibility index (Phi) is 2.26. The van der Waals surface area contributed by atoms with Gasteiger partial charge in [0.15, 0.2) is 0 Å². The molecule has 1 aliphatic heterocycles. The normalized spacial score (nSPS) is 29.8. The fourth-order valence-electron chi connectivity index (χ4n) is 2.00. The van der Waals surface area contributed by atoms with Crippen LogP contribution >= 0.6 is 0 Å². The molecule has 0 bridgehead atoms. The number of ether oxygens (including phenoxy) is 1. The monoisotopic (exact) mass is 190 g/mol. The fraction of sp³-hybridized carbons (Fsp3) is 0.538. The van der Waals surface area contributed by atoms with Crippen LogP contribution in [0.3, 0.4) is 0 Å². The van der Waals surface area contributed by atoms with Crippen molar-refractivity contribution in [1.29, 1.82) is 0 Å². The van der Waals surface area contributed by atoms with E-state index in [-0.39, 0.29) is 6.10 Å². The highest BCUT2D eigenvalue weighted by Crippen LogP contribution is 2.31. The van der Waals surface area contributed by atoms with Gasteiger partial charge >= 0.3 is 0 Å². The van der Waals surface area contributed by atoms with Gasteiger partial charge in [0.2, 0.25) is 0 Å². The Morgan fingerprint density at radius 1 is 1.29 bits per heavy atom. The lowest BCUT2D eigenvalue weighted by molar-refractivity contribution is 0.191. The average Bonchev–Trinajstić information content (AvgIpc) is 2.47. The van der Waals surface area contributed by atoms with Gasteiger partial charge in [0.05, 0.1) is 6.26 Å². The van der Waals surface area contributed by atoms with Gasteiger partial charge in [-0.1, -0.05) is 38.5 Å². The van der Waals surface area contributed by atoms with E-state index in [2.05, 4.69) is 45.1 Å². The third-order valence-electron chi connectivity index (χ3n) is 2.56. The molecule has 0 saturated carbocycles. The van der Waals surface area contributed by atoms with Crippen LogP contribution in [-0.2, 0) is 4.74 Å². The van der Waals surface area contributed by atoms with Crippen LogP contribution in [0, 0.1) is 11.3 Å². The Labute approximate surface area is 86.2 Å². The van der Waals surface area contributed by atoms with E-state index in [1.54, 1.807) is 0 Å². The van der Waals surface area contributed by atoms with Gasteiger partial charge in [0.25, 0.3) is 0 Å². The summed E-state index contributed by atoms with van der Waals surface area (Å²) < 4.78 is 5.42. The van der Waals surface area contributed by atoms with Gasteiger partial charge in [0.1, 0.15) is 6.10 Å². The molecule has 0 aromatic rings. The van der Waals surface area contributed by atoms with E-state index in [1.807, 2.05) is 6.26 Å². The van der Waals surface area contributed by atoms with Crippen LogP contribution in [0.4, 0.5) is 0 Å². The lowest BCUT2D eigenvalue weighted by atomic mass is 9.84. The molecule has 2 aliphatic rings. The van der Waals surface area contributed by atoms with Gasteiger partial charge in [-0.15, -0.1) is 0 Å². The molecule has 2 unspecified atom stereocenters. The topological polar surface area (TPSA) is 9.23 Å². The molecule has 0 saturated heterocycles. The highest BCUT2D eigenvalue weighted by atomic mass is 16.5. The molecular weight excluding hydrogens is 172 g/mol. The van der Waals surface area contributed by atoms with Crippen molar-refractivity contribution in [2.24, 2.45) is 11.3 Å². The highest BCUT2D eigenvalue weighted by molar-refractivity contribution is 5.31. The first-order valence-corrected chi connectivity index (χ1v) is 5.26. The molecule has 14 heavy (non-hydrogen) atoms. The smallest absolute Gasteiger partial charge is 0.126 e. The van der Waals surface area contributed by atoms with Crippen molar-refractivity contribution >= 4 is 0 Å². The Balaban J connectivity index is 2.08. The number of rotatable bonds is 1. The van der Waals surface area contributed by atoms with Crippen molar-refractivity contribution in [3.05, 3.63) is 36.1 Å². The largest absolute Gasteiger partial charge is 0.493 e. The third-order valence-corrected chi connectivity index (χ3v) is 2.56. The summed E-state index contributed by atoms with van der Waals surface area (Å²) >= 11 is 0. The highest BCUT2D eigenvalue weighted by Gasteiger charge is 2.24. The molecule has 0 aromatic carbocycles. The van der Waals surface area contributed by atoms with E-state index < -0.39 is 0 Å². The molecule has 1 heterocycles. The molecule has 1 aliphatic carbocycles. The summed E-state index contributed by atoms with van der Waals surface area (Å²) in [7, 11) is 0. The number of allylic oxidation sites excluding steroid dienone is 2. The molecule has 76 valence electrons. The number of hydrogen-bond donors (Lipinski definition) is 0. The summed E-state index contributed by atoms with van der Waals surface area (Å²) in [5.74, 6) is 0.470. The summed E-state index contributed by atoms with van der Waals surface area (Å²) in [5, 5.41) is 0. The maximum atomic E-state index is 5.42. The Morgan fingerprint density at radius 3 is 2.79 bits per heavy atom. The van der Waals surface area contributed by atoms with E-state index >= 15 is 0 Å². The van der Waals surface area contributed by atoms with Crippen molar-refractivity contribution in [1.82, 2.24) is 0 Å². The van der Waals surface area contributed by atoms with E-state index in [1.165, 1.54) is 5.57 Å². The molecule has 0 aromatic heterocycles. The molecule has 1 nitrogen and oxygen atoms in total. The molecule has 0 amide bonds.